The zero-order chi connectivity index (χ0) is 55.6. The summed E-state index contributed by atoms with van der Waals surface area (Å²) in [6.45, 7) is 18.0. The van der Waals surface area contributed by atoms with E-state index in [0.717, 1.165) is 34.0 Å². The van der Waals surface area contributed by atoms with E-state index in [1.807, 2.05) is 0 Å². The fraction of sp³-hybridized carbons (Fsp3) is 0.429. The van der Waals surface area contributed by atoms with E-state index in [9.17, 15) is 39.0 Å². The Hall–Kier alpha value is -6.46. The van der Waals surface area contributed by atoms with Crippen LogP contribution < -0.4 is 16.0 Å². The molecule has 6 aromatic rings. The van der Waals surface area contributed by atoms with Gasteiger partial charge in [-0.15, -0.1) is 56.7 Å². The lowest BCUT2D eigenvalue weighted by Gasteiger charge is -2.34. The number of esters is 2. The molecule has 1 aliphatic rings. The number of nitrogens with one attached hydrogen (secondary N) is 3. The number of methoxy groups -OCH3 is 1. The first-order valence-corrected chi connectivity index (χ1v) is 27.8. The standard InChI is InChI=1S/C49H56N10O12S5/c1-13-25(51-38(64)35-23(3)69-49(10,11)59(35)46(67)71-48(7,8)9)40-54-30(18-74-40)37(63)58-33(22(2)61)43-55-29(19-76-43)36(62)52-27(16-60)42-53-28(17-73-42)34-24(39-56-32(21-72-39)45(66)70-47(4,5)6)14-15-26(50-34)41-57-31(20-75-41)44(65)68-12/h13-15,17-23,27,33,35,60-61H,16H2,1-12H3,(H,51,64)(H,52,62)(H,58,63)/b25-13-/t22-,23-,27+,33+,35+/m1/s1. The molecule has 5 atom stereocenters. The smallest absolute Gasteiger partial charge is 0.413 e. The van der Waals surface area contributed by atoms with Gasteiger partial charge < -0.3 is 45.1 Å². The third kappa shape index (κ3) is 13.2. The number of thiazole rings is 5. The lowest BCUT2D eigenvalue weighted by atomic mass is 10.1. The molecule has 7 rings (SSSR count). The second-order valence-electron chi connectivity index (χ2n) is 19.5. The summed E-state index contributed by atoms with van der Waals surface area (Å²) in [5.74, 6) is -3.12. The number of amides is 4. The highest BCUT2D eigenvalue weighted by Crippen LogP contribution is 2.38. The van der Waals surface area contributed by atoms with Gasteiger partial charge in [0.1, 0.15) is 82.9 Å². The summed E-state index contributed by atoms with van der Waals surface area (Å²) in [7, 11) is 1.26. The molecule has 5 N–H and O–H groups in total. The number of hydrogen-bond acceptors (Lipinski definition) is 23. The van der Waals surface area contributed by atoms with Crippen molar-refractivity contribution in [3.05, 3.63) is 82.9 Å². The molecule has 0 unspecified atom stereocenters. The van der Waals surface area contributed by atoms with Crippen LogP contribution in [-0.2, 0) is 23.7 Å². The second-order valence-corrected chi connectivity index (χ2v) is 23.9. The van der Waals surface area contributed by atoms with Crippen molar-refractivity contribution < 1.29 is 57.9 Å². The van der Waals surface area contributed by atoms with Crippen molar-refractivity contribution in [2.75, 3.05) is 13.7 Å². The second kappa shape index (κ2) is 23.0. The summed E-state index contributed by atoms with van der Waals surface area (Å²) < 4.78 is 22.0. The number of carbonyl (C=O) groups is 6. The van der Waals surface area contributed by atoms with Crippen LogP contribution in [0.5, 0.6) is 0 Å². The number of rotatable bonds is 16. The van der Waals surface area contributed by atoms with E-state index in [1.54, 1.807) is 104 Å². The topological polar surface area (TPSA) is 296 Å². The summed E-state index contributed by atoms with van der Waals surface area (Å²) >= 11 is 5.61. The fourth-order valence-corrected chi connectivity index (χ4v) is 11.7. The van der Waals surface area contributed by atoms with Crippen LogP contribution in [0.15, 0.2) is 45.1 Å². The van der Waals surface area contributed by atoms with Gasteiger partial charge in [-0.3, -0.25) is 19.3 Å². The number of pyridine rings is 1. The minimum atomic E-state index is -1.18. The summed E-state index contributed by atoms with van der Waals surface area (Å²) in [6.07, 6.45) is -0.992. The summed E-state index contributed by atoms with van der Waals surface area (Å²) in [6, 6.07) is 0.280. The number of aliphatic hydroxyl groups excluding tert-OH is 2. The van der Waals surface area contributed by atoms with Crippen molar-refractivity contribution in [1.82, 2.24) is 50.8 Å². The Kier molecular flexibility index (Phi) is 17.3. The number of carbonyl (C=O) groups excluding carboxylic acids is 6. The van der Waals surface area contributed by atoms with Gasteiger partial charge in [0.15, 0.2) is 11.4 Å². The van der Waals surface area contributed by atoms with Gasteiger partial charge in [0.2, 0.25) is 5.91 Å². The van der Waals surface area contributed by atoms with Gasteiger partial charge in [-0.2, -0.15) is 0 Å². The Balaban J connectivity index is 1.05. The van der Waals surface area contributed by atoms with Crippen molar-refractivity contribution in [2.45, 2.75) is 123 Å². The van der Waals surface area contributed by atoms with Gasteiger partial charge in [-0.05, 0) is 88.3 Å². The van der Waals surface area contributed by atoms with E-state index in [4.69, 9.17) is 28.9 Å². The molecule has 7 heterocycles. The zero-order valence-corrected chi connectivity index (χ0v) is 47.4. The van der Waals surface area contributed by atoms with E-state index >= 15 is 0 Å². The molecule has 4 amide bonds. The normalized spacial score (nSPS) is 16.9. The molecule has 1 fully saturated rings. The van der Waals surface area contributed by atoms with E-state index in [1.165, 1.54) is 52.4 Å². The number of aliphatic hydroxyl groups is 2. The van der Waals surface area contributed by atoms with Crippen molar-refractivity contribution in [3.8, 4) is 32.7 Å². The van der Waals surface area contributed by atoms with Crippen molar-refractivity contribution in [2.24, 2.45) is 0 Å². The predicted octanol–water partition coefficient (Wildman–Crippen LogP) is 7.66. The SMILES string of the molecule is C/C=C(\NC(=O)[C@@H]1[C@@H](C)OC(C)(C)N1C(=O)OC(C)(C)C)c1nc(C(=O)N[C@H](c2nc(C(=O)N[C@@H](CO)c3nc(-c4nc(-c5nc(C(=O)OC)cs5)ccc4-c4nc(C(=O)OC(C)(C)C)cs4)cs3)cs2)[C@@H](C)O)cs1. The van der Waals surface area contributed by atoms with Crippen molar-refractivity contribution >= 4 is 98.1 Å². The highest BCUT2D eigenvalue weighted by Gasteiger charge is 2.53. The van der Waals surface area contributed by atoms with Crippen molar-refractivity contribution in [3.63, 3.8) is 0 Å². The average molecular weight is 1140 g/mol. The van der Waals surface area contributed by atoms with Gasteiger partial charge >= 0.3 is 18.0 Å². The van der Waals surface area contributed by atoms with Gasteiger partial charge in [0.25, 0.3) is 11.8 Å². The van der Waals surface area contributed by atoms with E-state index in [0.29, 0.717) is 37.7 Å². The third-order valence-corrected chi connectivity index (χ3v) is 15.3. The molecule has 0 radical (unpaired) electrons. The van der Waals surface area contributed by atoms with Crippen LogP contribution in [0, 0.1) is 0 Å². The minimum absolute atomic E-state index is 0.0291. The Labute approximate surface area is 457 Å². The molecule has 1 saturated heterocycles. The molecule has 76 heavy (non-hydrogen) atoms. The average Bonchev–Trinajstić information content (AvgIpc) is 4.21. The zero-order valence-electron chi connectivity index (χ0n) is 43.4. The summed E-state index contributed by atoms with van der Waals surface area (Å²) in [5, 5.41) is 39.2. The van der Waals surface area contributed by atoms with Gasteiger partial charge in [-0.25, -0.2) is 44.3 Å². The largest absolute Gasteiger partial charge is 0.464 e. The maximum Gasteiger partial charge on any atom is 0.413 e. The Morgan fingerprint density at radius 2 is 1.37 bits per heavy atom. The van der Waals surface area contributed by atoms with Gasteiger partial charge in [0.05, 0.1) is 37.3 Å². The minimum Gasteiger partial charge on any atom is -0.464 e. The Morgan fingerprint density at radius 3 is 2.01 bits per heavy atom. The molecule has 0 spiro atoms. The maximum absolute atomic E-state index is 13.8. The molecule has 27 heteroatoms. The molecule has 0 saturated carbocycles. The lowest BCUT2D eigenvalue weighted by Crippen LogP contribution is -2.55. The van der Waals surface area contributed by atoms with Crippen LogP contribution in [0.25, 0.3) is 38.4 Å². The maximum atomic E-state index is 13.8. The molecular formula is C49H56N10O12S5. The first kappa shape index (κ1) is 57.2. The van der Waals surface area contributed by atoms with E-state index in [2.05, 4.69) is 35.9 Å². The van der Waals surface area contributed by atoms with Crippen LogP contribution in [0.2, 0.25) is 0 Å². The third-order valence-electron chi connectivity index (χ3n) is 10.8. The number of nitrogens with zero attached hydrogens (tertiary/aromatic N) is 7. The molecular weight excluding hydrogens is 1080 g/mol. The highest BCUT2D eigenvalue weighted by molar-refractivity contribution is 7.14. The van der Waals surface area contributed by atoms with Crippen LogP contribution in [-0.4, -0.2) is 130 Å². The molecule has 0 aromatic carbocycles. The lowest BCUT2D eigenvalue weighted by molar-refractivity contribution is -0.125. The Bertz CT molecular complexity index is 3180. The molecule has 1 aliphatic heterocycles. The van der Waals surface area contributed by atoms with Crippen LogP contribution in [0.4, 0.5) is 4.79 Å². The number of aromatic nitrogens is 6. The van der Waals surface area contributed by atoms with E-state index in [-0.39, 0.29) is 38.5 Å². The highest BCUT2D eigenvalue weighted by atomic mass is 32.1. The van der Waals surface area contributed by atoms with Crippen molar-refractivity contribution in [1.29, 1.82) is 0 Å². The molecule has 0 aliphatic carbocycles. The number of hydrogen-bond donors (Lipinski definition) is 5. The Morgan fingerprint density at radius 1 is 0.763 bits per heavy atom. The van der Waals surface area contributed by atoms with E-state index < -0.39 is 89.6 Å². The number of allylic oxidation sites excluding steroid dienone is 1. The van der Waals surface area contributed by atoms with Crippen LogP contribution in [0.3, 0.4) is 0 Å². The predicted molar refractivity (Wildman–Crippen MR) is 286 cm³/mol. The summed E-state index contributed by atoms with van der Waals surface area (Å²) in [5.41, 5.74) is -0.750. The first-order valence-electron chi connectivity index (χ1n) is 23.4. The van der Waals surface area contributed by atoms with Gasteiger partial charge in [-0.1, -0.05) is 6.08 Å². The van der Waals surface area contributed by atoms with Crippen LogP contribution >= 0.6 is 56.7 Å². The summed E-state index contributed by atoms with van der Waals surface area (Å²) in [4.78, 5) is 108. The molecule has 6 aromatic heterocycles. The fourth-order valence-electron chi connectivity index (χ4n) is 7.52. The molecule has 404 valence electrons. The monoisotopic (exact) mass is 1140 g/mol. The molecule has 22 nitrogen and oxygen atoms in total. The quantitative estimate of drug-likeness (QED) is 0.0459. The first-order chi connectivity index (χ1) is 35.7. The van der Waals surface area contributed by atoms with Gasteiger partial charge in [0, 0.05) is 32.5 Å². The number of ether oxygens (including phenoxy) is 4. The van der Waals surface area contributed by atoms with Crippen LogP contribution in [0.1, 0.15) is 145 Å². The molecule has 0 bridgehead atoms.